The first-order valence-corrected chi connectivity index (χ1v) is 7.27. The number of pyridine rings is 1. The fraction of sp³-hybridized carbons (Fsp3) is 0.250. The van der Waals surface area contributed by atoms with E-state index in [0.717, 1.165) is 18.4 Å². The summed E-state index contributed by atoms with van der Waals surface area (Å²) in [5.74, 6) is -0.0319. The van der Waals surface area contributed by atoms with Gasteiger partial charge in [-0.05, 0) is 42.7 Å². The zero-order valence-electron chi connectivity index (χ0n) is 11.5. The summed E-state index contributed by atoms with van der Waals surface area (Å²) in [7, 11) is 0. The lowest BCUT2D eigenvalue weighted by atomic mass is 10.1. The van der Waals surface area contributed by atoms with Crippen molar-refractivity contribution < 1.29 is 4.79 Å². The molecular formula is C16H16ClN3O. The van der Waals surface area contributed by atoms with Crippen LogP contribution in [0.4, 0.5) is 5.69 Å². The van der Waals surface area contributed by atoms with E-state index in [9.17, 15) is 4.79 Å². The molecule has 0 saturated heterocycles. The Morgan fingerprint density at radius 1 is 1.38 bits per heavy atom. The Morgan fingerprint density at radius 3 is 2.81 bits per heavy atom. The highest BCUT2D eigenvalue weighted by molar-refractivity contribution is 6.31. The van der Waals surface area contributed by atoms with Gasteiger partial charge in [0, 0.05) is 41.3 Å². The van der Waals surface area contributed by atoms with E-state index in [-0.39, 0.29) is 5.91 Å². The van der Waals surface area contributed by atoms with Gasteiger partial charge in [0.25, 0.3) is 5.91 Å². The van der Waals surface area contributed by atoms with Crippen molar-refractivity contribution in [2.24, 2.45) is 0 Å². The molecule has 0 radical (unpaired) electrons. The number of aromatic nitrogens is 1. The lowest BCUT2D eigenvalue weighted by Gasteiger charge is -2.22. The van der Waals surface area contributed by atoms with Gasteiger partial charge in [-0.1, -0.05) is 17.7 Å². The first-order chi connectivity index (χ1) is 10.1. The van der Waals surface area contributed by atoms with Crippen molar-refractivity contribution in [3.8, 4) is 0 Å². The third kappa shape index (κ3) is 3.34. The molecule has 0 bridgehead atoms. The Labute approximate surface area is 128 Å². The summed E-state index contributed by atoms with van der Waals surface area (Å²) in [6.45, 7) is 0.559. The molecule has 2 N–H and O–H groups in total. The highest BCUT2D eigenvalue weighted by Gasteiger charge is 2.33. The van der Waals surface area contributed by atoms with E-state index in [1.54, 1.807) is 30.6 Å². The van der Waals surface area contributed by atoms with Crippen molar-refractivity contribution >= 4 is 23.2 Å². The van der Waals surface area contributed by atoms with Crippen molar-refractivity contribution in [1.29, 1.82) is 0 Å². The van der Waals surface area contributed by atoms with Crippen molar-refractivity contribution in [2.75, 3.05) is 5.73 Å². The number of benzene rings is 1. The summed E-state index contributed by atoms with van der Waals surface area (Å²) in [4.78, 5) is 18.7. The Balaban J connectivity index is 1.85. The number of hydrogen-bond acceptors (Lipinski definition) is 3. The fourth-order valence-electron chi connectivity index (χ4n) is 2.34. The van der Waals surface area contributed by atoms with Crippen LogP contribution in [0.3, 0.4) is 0 Å². The first-order valence-electron chi connectivity index (χ1n) is 6.89. The smallest absolute Gasteiger partial charge is 0.254 e. The highest BCUT2D eigenvalue weighted by atomic mass is 35.5. The summed E-state index contributed by atoms with van der Waals surface area (Å²) in [6.07, 6.45) is 5.60. The number of carbonyl (C=O) groups is 1. The van der Waals surface area contributed by atoms with Crippen LogP contribution in [0.2, 0.25) is 5.02 Å². The zero-order chi connectivity index (χ0) is 14.8. The number of rotatable bonds is 4. The molecule has 5 heteroatoms. The molecule has 1 aromatic heterocycles. The van der Waals surface area contributed by atoms with Crippen molar-refractivity contribution in [1.82, 2.24) is 9.88 Å². The average Bonchev–Trinajstić information content (AvgIpc) is 3.29. The lowest BCUT2D eigenvalue weighted by Crippen LogP contribution is -2.32. The number of amides is 1. The van der Waals surface area contributed by atoms with E-state index in [4.69, 9.17) is 17.3 Å². The monoisotopic (exact) mass is 301 g/mol. The zero-order valence-corrected chi connectivity index (χ0v) is 12.3. The third-order valence-electron chi connectivity index (χ3n) is 3.49. The van der Waals surface area contributed by atoms with Gasteiger partial charge in [0.15, 0.2) is 0 Å². The second kappa shape index (κ2) is 5.74. The molecule has 108 valence electrons. The van der Waals surface area contributed by atoms with Crippen LogP contribution in [-0.4, -0.2) is 21.8 Å². The van der Waals surface area contributed by atoms with Crippen molar-refractivity contribution in [2.45, 2.75) is 25.4 Å². The van der Waals surface area contributed by atoms with E-state index in [1.165, 1.54) is 0 Å². The Morgan fingerprint density at radius 2 is 2.19 bits per heavy atom. The predicted octanol–water partition coefficient (Wildman–Crippen LogP) is 3.12. The number of nitrogens with zero attached hydrogens (tertiary/aromatic N) is 2. The molecular weight excluding hydrogens is 286 g/mol. The lowest BCUT2D eigenvalue weighted by molar-refractivity contribution is 0.0730. The SMILES string of the molecule is Nc1cc(Cl)cc(C(=O)N(Cc2cccnc2)C2CC2)c1. The molecule has 0 atom stereocenters. The molecule has 0 spiro atoms. The summed E-state index contributed by atoms with van der Waals surface area (Å²) in [5.41, 5.74) is 7.84. The molecule has 2 aromatic rings. The quantitative estimate of drug-likeness (QED) is 0.883. The number of carbonyl (C=O) groups excluding carboxylic acids is 1. The third-order valence-corrected chi connectivity index (χ3v) is 3.71. The number of nitrogen functional groups attached to an aromatic ring is 1. The molecule has 1 heterocycles. The summed E-state index contributed by atoms with van der Waals surface area (Å²) < 4.78 is 0. The number of anilines is 1. The molecule has 1 aliphatic carbocycles. The van der Waals surface area contributed by atoms with Crippen LogP contribution in [-0.2, 0) is 6.54 Å². The topological polar surface area (TPSA) is 59.2 Å². The van der Waals surface area contributed by atoms with Gasteiger partial charge in [-0.2, -0.15) is 0 Å². The van der Waals surface area contributed by atoms with Crippen LogP contribution >= 0.6 is 11.6 Å². The van der Waals surface area contributed by atoms with Gasteiger partial charge in [0.2, 0.25) is 0 Å². The van der Waals surface area contributed by atoms with Gasteiger partial charge in [-0.15, -0.1) is 0 Å². The normalized spacial score (nSPS) is 14.0. The molecule has 1 saturated carbocycles. The highest BCUT2D eigenvalue weighted by Crippen LogP contribution is 2.30. The molecule has 21 heavy (non-hydrogen) atoms. The number of hydrogen-bond donors (Lipinski definition) is 1. The van der Waals surface area contributed by atoms with E-state index < -0.39 is 0 Å². The van der Waals surface area contributed by atoms with Crippen LogP contribution in [0, 0.1) is 0 Å². The Hall–Kier alpha value is -2.07. The fourth-order valence-corrected chi connectivity index (χ4v) is 2.59. The molecule has 0 aliphatic heterocycles. The maximum absolute atomic E-state index is 12.7. The predicted molar refractivity (Wildman–Crippen MR) is 83.0 cm³/mol. The van der Waals surface area contributed by atoms with Gasteiger partial charge < -0.3 is 10.6 Å². The minimum Gasteiger partial charge on any atom is -0.399 e. The molecule has 0 unspecified atom stereocenters. The molecule has 1 aliphatic rings. The second-order valence-electron chi connectivity index (χ2n) is 5.30. The minimum atomic E-state index is -0.0319. The molecule has 4 nitrogen and oxygen atoms in total. The van der Waals surface area contributed by atoms with Crippen LogP contribution < -0.4 is 5.73 Å². The van der Waals surface area contributed by atoms with Gasteiger partial charge in [-0.3, -0.25) is 9.78 Å². The van der Waals surface area contributed by atoms with E-state index in [1.807, 2.05) is 17.0 Å². The van der Waals surface area contributed by atoms with Crippen molar-refractivity contribution in [3.05, 3.63) is 58.9 Å². The number of halogens is 1. The van der Waals surface area contributed by atoms with Crippen LogP contribution in [0.1, 0.15) is 28.8 Å². The number of nitrogens with two attached hydrogens (primary N) is 1. The largest absolute Gasteiger partial charge is 0.399 e. The van der Waals surface area contributed by atoms with Crippen LogP contribution in [0.15, 0.2) is 42.7 Å². The van der Waals surface area contributed by atoms with Gasteiger partial charge in [0.1, 0.15) is 0 Å². The summed E-state index contributed by atoms with van der Waals surface area (Å²) in [5, 5.41) is 0.482. The molecule has 1 aromatic carbocycles. The second-order valence-corrected chi connectivity index (χ2v) is 5.74. The van der Waals surface area contributed by atoms with Crippen molar-refractivity contribution in [3.63, 3.8) is 0 Å². The minimum absolute atomic E-state index is 0.0319. The van der Waals surface area contributed by atoms with Gasteiger partial charge in [-0.25, -0.2) is 0 Å². The molecule has 1 amide bonds. The Kier molecular flexibility index (Phi) is 3.80. The summed E-state index contributed by atoms with van der Waals surface area (Å²) >= 11 is 5.99. The molecule has 3 rings (SSSR count). The van der Waals surface area contributed by atoms with E-state index in [2.05, 4.69) is 4.98 Å². The van der Waals surface area contributed by atoms with Gasteiger partial charge in [0.05, 0.1) is 0 Å². The maximum atomic E-state index is 12.7. The average molecular weight is 302 g/mol. The van der Waals surface area contributed by atoms with E-state index in [0.29, 0.717) is 28.9 Å². The van der Waals surface area contributed by atoms with E-state index >= 15 is 0 Å². The van der Waals surface area contributed by atoms with Crippen LogP contribution in [0.25, 0.3) is 0 Å². The molecule has 1 fully saturated rings. The first kappa shape index (κ1) is 13.9. The van der Waals surface area contributed by atoms with Crippen LogP contribution in [0.5, 0.6) is 0 Å². The standard InChI is InChI=1S/C16H16ClN3O/c17-13-6-12(7-14(18)8-13)16(21)20(15-3-4-15)10-11-2-1-5-19-9-11/h1-2,5-9,15H,3-4,10,18H2. The Bertz CT molecular complexity index is 636. The maximum Gasteiger partial charge on any atom is 0.254 e. The van der Waals surface area contributed by atoms with Gasteiger partial charge >= 0.3 is 0 Å². The summed E-state index contributed by atoms with van der Waals surface area (Å²) in [6, 6.07) is 9.13.